The van der Waals surface area contributed by atoms with Crippen LogP contribution in [0.1, 0.15) is 13.8 Å². The van der Waals surface area contributed by atoms with Crippen LogP contribution in [-0.2, 0) is 0 Å². The van der Waals surface area contributed by atoms with Crippen molar-refractivity contribution < 1.29 is 0 Å². The van der Waals surface area contributed by atoms with E-state index in [2.05, 4.69) is 48.1 Å². The van der Waals surface area contributed by atoms with Crippen LogP contribution in [-0.4, -0.2) is 41.0 Å². The van der Waals surface area contributed by atoms with Crippen LogP contribution < -0.4 is 11.1 Å². The highest BCUT2D eigenvalue weighted by atomic mass is 15.2. The van der Waals surface area contributed by atoms with E-state index in [0.29, 0.717) is 5.82 Å². The molecule has 5 heteroatoms. The average Bonchev–Trinajstić information content (AvgIpc) is 2.15. The third-order valence-corrected chi connectivity index (χ3v) is 2.60. The van der Waals surface area contributed by atoms with E-state index in [4.69, 9.17) is 5.73 Å². The van der Waals surface area contributed by atoms with Crippen LogP contribution in [0, 0.1) is 0 Å². The summed E-state index contributed by atoms with van der Waals surface area (Å²) in [6.07, 6.45) is 1.46. The number of nitrogens with one attached hydrogen (secondary N) is 1. The van der Waals surface area contributed by atoms with Crippen LogP contribution >= 0.6 is 0 Å². The molecule has 0 radical (unpaired) electrons. The van der Waals surface area contributed by atoms with E-state index in [9.17, 15) is 0 Å². The molecular weight excluding hydrogens is 190 g/mol. The zero-order valence-electron chi connectivity index (χ0n) is 9.78. The van der Waals surface area contributed by atoms with Crippen molar-refractivity contribution in [2.45, 2.75) is 19.4 Å². The molecule has 1 rings (SSSR count). The van der Waals surface area contributed by atoms with Gasteiger partial charge in [-0.15, -0.1) is 0 Å². The maximum atomic E-state index is 5.56. The van der Waals surface area contributed by atoms with Gasteiger partial charge in [0, 0.05) is 18.2 Å². The summed E-state index contributed by atoms with van der Waals surface area (Å²) in [5.41, 5.74) is 5.63. The van der Waals surface area contributed by atoms with Crippen LogP contribution in [0.15, 0.2) is 12.4 Å². The van der Waals surface area contributed by atoms with Crippen LogP contribution in [0.3, 0.4) is 0 Å². The highest BCUT2D eigenvalue weighted by molar-refractivity contribution is 5.43. The first-order valence-corrected chi connectivity index (χ1v) is 4.90. The first kappa shape index (κ1) is 11.7. The summed E-state index contributed by atoms with van der Waals surface area (Å²) >= 11 is 0. The van der Waals surface area contributed by atoms with Crippen LogP contribution in [0.4, 0.5) is 11.6 Å². The van der Waals surface area contributed by atoms with E-state index in [1.165, 1.54) is 6.33 Å². The molecule has 0 saturated heterocycles. The third-order valence-electron chi connectivity index (χ3n) is 2.60. The van der Waals surface area contributed by atoms with E-state index < -0.39 is 0 Å². The summed E-state index contributed by atoms with van der Waals surface area (Å²) in [6.45, 7) is 5.12. The Kier molecular flexibility index (Phi) is 3.47. The summed E-state index contributed by atoms with van der Waals surface area (Å²) in [7, 11) is 4.10. The summed E-state index contributed by atoms with van der Waals surface area (Å²) in [5, 5.41) is 3.23. The van der Waals surface area contributed by atoms with Gasteiger partial charge in [-0.3, -0.25) is 0 Å². The number of hydrogen-bond donors (Lipinski definition) is 2. The predicted octanol–water partition coefficient (Wildman–Crippen LogP) is 0.811. The van der Waals surface area contributed by atoms with Crippen molar-refractivity contribution >= 4 is 11.6 Å². The molecule has 0 aliphatic heterocycles. The monoisotopic (exact) mass is 209 g/mol. The lowest BCUT2D eigenvalue weighted by Gasteiger charge is -2.32. The molecule has 0 saturated carbocycles. The predicted molar refractivity (Wildman–Crippen MR) is 62.7 cm³/mol. The number of rotatable bonds is 4. The largest absolute Gasteiger partial charge is 0.384 e. The first-order valence-electron chi connectivity index (χ1n) is 4.90. The molecule has 84 valence electrons. The lowest BCUT2D eigenvalue weighted by Crippen LogP contribution is -2.44. The van der Waals surface area contributed by atoms with Crippen LogP contribution in [0.2, 0.25) is 0 Å². The van der Waals surface area contributed by atoms with Gasteiger partial charge in [-0.05, 0) is 27.9 Å². The molecule has 5 nitrogen and oxygen atoms in total. The highest BCUT2D eigenvalue weighted by Gasteiger charge is 2.19. The van der Waals surface area contributed by atoms with Crippen molar-refractivity contribution in [1.29, 1.82) is 0 Å². The number of nitrogen functional groups attached to an aromatic ring is 1. The molecule has 1 aromatic rings. The van der Waals surface area contributed by atoms with Crippen molar-refractivity contribution in [1.82, 2.24) is 14.9 Å². The second-order valence-corrected chi connectivity index (χ2v) is 4.39. The van der Waals surface area contributed by atoms with Crippen LogP contribution in [0.5, 0.6) is 0 Å². The Morgan fingerprint density at radius 1 is 1.40 bits per heavy atom. The summed E-state index contributed by atoms with van der Waals surface area (Å²) in [4.78, 5) is 10.1. The van der Waals surface area contributed by atoms with E-state index in [0.717, 1.165) is 12.4 Å². The van der Waals surface area contributed by atoms with E-state index in [1.54, 1.807) is 6.07 Å². The lowest BCUT2D eigenvalue weighted by molar-refractivity contribution is 0.210. The quantitative estimate of drug-likeness (QED) is 0.768. The van der Waals surface area contributed by atoms with Gasteiger partial charge in [-0.2, -0.15) is 0 Å². The minimum Gasteiger partial charge on any atom is -0.384 e. The summed E-state index contributed by atoms with van der Waals surface area (Å²) in [6, 6.07) is 1.73. The Morgan fingerprint density at radius 3 is 2.60 bits per heavy atom. The van der Waals surface area contributed by atoms with E-state index >= 15 is 0 Å². The number of hydrogen-bond acceptors (Lipinski definition) is 5. The van der Waals surface area contributed by atoms with E-state index in [-0.39, 0.29) is 5.54 Å². The second kappa shape index (κ2) is 4.44. The molecule has 0 spiro atoms. The molecule has 1 aromatic heterocycles. The molecule has 15 heavy (non-hydrogen) atoms. The zero-order valence-corrected chi connectivity index (χ0v) is 9.78. The number of aromatic nitrogens is 2. The van der Waals surface area contributed by atoms with Gasteiger partial charge in [0.25, 0.3) is 0 Å². The maximum absolute atomic E-state index is 5.56. The van der Waals surface area contributed by atoms with Gasteiger partial charge < -0.3 is 16.0 Å². The molecule has 0 atom stereocenters. The second-order valence-electron chi connectivity index (χ2n) is 4.39. The van der Waals surface area contributed by atoms with Gasteiger partial charge in [0.15, 0.2) is 0 Å². The Bertz CT molecular complexity index is 321. The van der Waals surface area contributed by atoms with Gasteiger partial charge >= 0.3 is 0 Å². The Morgan fingerprint density at radius 2 is 2.07 bits per heavy atom. The summed E-state index contributed by atoms with van der Waals surface area (Å²) < 4.78 is 0. The number of nitrogens with two attached hydrogens (primary N) is 1. The normalized spacial score (nSPS) is 11.8. The molecule has 0 bridgehead atoms. The van der Waals surface area contributed by atoms with Gasteiger partial charge in [-0.1, -0.05) is 0 Å². The van der Waals surface area contributed by atoms with Crippen LogP contribution in [0.25, 0.3) is 0 Å². The molecule has 3 N–H and O–H groups in total. The van der Waals surface area contributed by atoms with Gasteiger partial charge in [0.1, 0.15) is 18.0 Å². The molecule has 1 heterocycles. The summed E-state index contributed by atoms with van der Waals surface area (Å²) in [5.74, 6) is 1.24. The molecule has 0 aliphatic rings. The molecular formula is C10H19N5. The molecule has 0 fully saturated rings. The molecule has 0 amide bonds. The van der Waals surface area contributed by atoms with Crippen molar-refractivity contribution in [3.8, 4) is 0 Å². The zero-order chi connectivity index (χ0) is 11.5. The van der Waals surface area contributed by atoms with Crippen molar-refractivity contribution in [3.05, 3.63) is 12.4 Å². The van der Waals surface area contributed by atoms with Gasteiger partial charge in [-0.25, -0.2) is 9.97 Å². The topological polar surface area (TPSA) is 67.1 Å². The Labute approximate surface area is 90.7 Å². The SMILES string of the molecule is CN(C)C(C)(C)CNc1cc(N)ncn1. The molecule has 0 aliphatic carbocycles. The fraction of sp³-hybridized carbons (Fsp3) is 0.600. The third kappa shape index (κ3) is 3.36. The molecule has 0 unspecified atom stereocenters. The minimum atomic E-state index is 0.0692. The smallest absolute Gasteiger partial charge is 0.131 e. The Hall–Kier alpha value is -1.36. The highest BCUT2D eigenvalue weighted by Crippen LogP contribution is 2.12. The number of nitrogens with zero attached hydrogens (tertiary/aromatic N) is 3. The first-order chi connectivity index (χ1) is 6.92. The standard InChI is InChI=1S/C10H19N5/c1-10(2,15(3)4)6-12-9-5-8(11)13-7-14-9/h5,7H,6H2,1-4H3,(H3,11,12,13,14). The van der Waals surface area contributed by atoms with Gasteiger partial charge in [0.05, 0.1) is 0 Å². The van der Waals surface area contributed by atoms with E-state index in [1.807, 2.05) is 0 Å². The average molecular weight is 209 g/mol. The molecule has 0 aromatic carbocycles. The fourth-order valence-corrected chi connectivity index (χ4v) is 0.934. The lowest BCUT2D eigenvalue weighted by atomic mass is 10.0. The number of likely N-dealkylation sites (N-methyl/N-ethyl adjacent to an activating group) is 1. The van der Waals surface area contributed by atoms with Crippen molar-refractivity contribution in [2.75, 3.05) is 31.7 Å². The number of anilines is 2. The van der Waals surface area contributed by atoms with Crippen molar-refractivity contribution in [3.63, 3.8) is 0 Å². The fourth-order valence-electron chi connectivity index (χ4n) is 0.934. The van der Waals surface area contributed by atoms with Crippen molar-refractivity contribution in [2.24, 2.45) is 0 Å². The van der Waals surface area contributed by atoms with Gasteiger partial charge in [0.2, 0.25) is 0 Å². The Balaban J connectivity index is 2.57. The maximum Gasteiger partial charge on any atom is 0.131 e. The minimum absolute atomic E-state index is 0.0692.